The maximum Gasteiger partial charge on any atom is 0.279 e. The van der Waals surface area contributed by atoms with E-state index in [2.05, 4.69) is 26.8 Å². The molecule has 0 saturated carbocycles. The first-order valence-corrected chi connectivity index (χ1v) is 8.86. The van der Waals surface area contributed by atoms with E-state index in [0.29, 0.717) is 11.5 Å². The van der Waals surface area contributed by atoms with Crippen molar-refractivity contribution in [2.24, 2.45) is 0 Å². The van der Waals surface area contributed by atoms with Crippen LogP contribution in [-0.4, -0.2) is 24.5 Å². The molecule has 0 aliphatic carbocycles. The molecule has 6 nitrogen and oxygen atoms in total. The number of para-hydroxylation sites is 1. The Bertz CT molecular complexity index is 775. The van der Waals surface area contributed by atoms with Crippen molar-refractivity contribution in [2.75, 3.05) is 6.61 Å². The molecule has 138 valence electrons. The summed E-state index contributed by atoms with van der Waals surface area (Å²) in [4.78, 5) is 23.9. The highest BCUT2D eigenvalue weighted by Crippen LogP contribution is 2.22. The van der Waals surface area contributed by atoms with Gasteiger partial charge in [0.25, 0.3) is 11.8 Å². The van der Waals surface area contributed by atoms with E-state index in [1.807, 2.05) is 38.1 Å². The van der Waals surface area contributed by atoms with Crippen LogP contribution in [0.15, 0.2) is 46.9 Å². The number of halogens is 1. The maximum atomic E-state index is 12.0. The minimum Gasteiger partial charge on any atom is -0.483 e. The lowest BCUT2D eigenvalue weighted by molar-refractivity contribution is -0.133. The Labute approximate surface area is 161 Å². The second-order valence-electron chi connectivity index (χ2n) is 5.76. The third kappa shape index (κ3) is 5.77. The number of hydrogen-bond donors (Lipinski definition) is 2. The smallest absolute Gasteiger partial charge is 0.279 e. The SMILES string of the molecule is Cc1cccc(C)c1OCC(=O)NNC(=O)C(C)Oc1cccc(Br)c1. The number of carbonyl (C=O) groups is 2. The molecule has 0 aromatic heterocycles. The molecule has 0 aliphatic heterocycles. The normalized spacial score (nSPS) is 11.4. The van der Waals surface area contributed by atoms with Gasteiger partial charge in [-0.3, -0.25) is 20.4 Å². The van der Waals surface area contributed by atoms with E-state index in [-0.39, 0.29) is 6.61 Å². The van der Waals surface area contributed by atoms with E-state index in [9.17, 15) is 9.59 Å². The largest absolute Gasteiger partial charge is 0.483 e. The van der Waals surface area contributed by atoms with E-state index in [4.69, 9.17) is 9.47 Å². The highest BCUT2D eigenvalue weighted by molar-refractivity contribution is 9.10. The predicted molar refractivity (Wildman–Crippen MR) is 102 cm³/mol. The molecule has 0 fully saturated rings. The first kappa shape index (κ1) is 19.8. The lowest BCUT2D eigenvalue weighted by Gasteiger charge is -2.16. The van der Waals surface area contributed by atoms with Crippen LogP contribution in [0.2, 0.25) is 0 Å². The minimum atomic E-state index is -0.774. The summed E-state index contributed by atoms with van der Waals surface area (Å²) in [6.07, 6.45) is -0.774. The molecular formula is C19H21BrN2O4. The van der Waals surface area contributed by atoms with Crippen LogP contribution in [-0.2, 0) is 9.59 Å². The molecule has 7 heteroatoms. The molecule has 2 rings (SSSR count). The molecule has 1 atom stereocenters. The summed E-state index contributed by atoms with van der Waals surface area (Å²) < 4.78 is 11.9. The fourth-order valence-corrected chi connectivity index (χ4v) is 2.61. The van der Waals surface area contributed by atoms with E-state index in [1.54, 1.807) is 25.1 Å². The van der Waals surface area contributed by atoms with Gasteiger partial charge in [0.1, 0.15) is 11.5 Å². The number of benzene rings is 2. The van der Waals surface area contributed by atoms with Gasteiger partial charge in [0, 0.05) is 4.47 Å². The zero-order valence-corrected chi connectivity index (χ0v) is 16.4. The molecule has 2 aromatic rings. The van der Waals surface area contributed by atoms with Crippen LogP contribution in [0.1, 0.15) is 18.1 Å². The summed E-state index contributed by atoms with van der Waals surface area (Å²) in [5.41, 5.74) is 6.53. The highest BCUT2D eigenvalue weighted by Gasteiger charge is 2.16. The Morgan fingerprint density at radius 3 is 2.38 bits per heavy atom. The van der Waals surface area contributed by atoms with E-state index < -0.39 is 17.9 Å². The molecule has 0 aliphatic rings. The van der Waals surface area contributed by atoms with Gasteiger partial charge in [-0.2, -0.15) is 0 Å². The summed E-state index contributed by atoms with van der Waals surface area (Å²) in [6, 6.07) is 12.9. The average Bonchev–Trinajstić information content (AvgIpc) is 2.59. The number of ether oxygens (including phenoxy) is 2. The number of hydrazine groups is 1. The summed E-state index contributed by atoms with van der Waals surface area (Å²) >= 11 is 3.33. The molecule has 2 aromatic carbocycles. The highest BCUT2D eigenvalue weighted by atomic mass is 79.9. The summed E-state index contributed by atoms with van der Waals surface area (Å²) in [5, 5.41) is 0. The summed E-state index contributed by atoms with van der Waals surface area (Å²) in [6.45, 7) is 5.20. The van der Waals surface area contributed by atoms with Crippen LogP contribution < -0.4 is 20.3 Å². The predicted octanol–water partition coefficient (Wildman–Crippen LogP) is 3.06. The molecule has 0 spiro atoms. The molecule has 0 radical (unpaired) electrons. The molecular weight excluding hydrogens is 400 g/mol. The van der Waals surface area contributed by atoms with E-state index in [1.165, 1.54) is 0 Å². The van der Waals surface area contributed by atoms with Crippen LogP contribution in [0.25, 0.3) is 0 Å². The molecule has 2 amide bonds. The van der Waals surface area contributed by atoms with Gasteiger partial charge in [0.2, 0.25) is 0 Å². The average molecular weight is 421 g/mol. The first-order chi connectivity index (χ1) is 12.4. The topological polar surface area (TPSA) is 76.7 Å². The number of nitrogens with one attached hydrogen (secondary N) is 2. The van der Waals surface area contributed by atoms with E-state index >= 15 is 0 Å². The Morgan fingerprint density at radius 2 is 1.73 bits per heavy atom. The standard InChI is InChI=1S/C19H21BrN2O4/c1-12-6-4-7-13(2)18(12)25-11-17(23)21-22-19(24)14(3)26-16-9-5-8-15(20)10-16/h4-10,14H,11H2,1-3H3,(H,21,23)(H,22,24). The second kappa shape index (κ2) is 9.24. The summed E-state index contributed by atoms with van der Waals surface area (Å²) in [5.74, 6) is 0.285. The lowest BCUT2D eigenvalue weighted by Crippen LogP contribution is -2.48. The third-order valence-corrected chi connectivity index (χ3v) is 4.05. The summed E-state index contributed by atoms with van der Waals surface area (Å²) in [7, 11) is 0. The van der Waals surface area contributed by atoms with Crippen molar-refractivity contribution in [2.45, 2.75) is 26.9 Å². The number of carbonyl (C=O) groups excluding carboxylic acids is 2. The van der Waals surface area contributed by atoms with Gasteiger partial charge in [0.05, 0.1) is 0 Å². The minimum absolute atomic E-state index is 0.202. The van der Waals surface area contributed by atoms with Crippen molar-refractivity contribution in [3.8, 4) is 11.5 Å². The Kier molecular flexibility index (Phi) is 7.03. The molecule has 0 heterocycles. The van der Waals surface area contributed by atoms with Crippen LogP contribution in [0.5, 0.6) is 11.5 Å². The van der Waals surface area contributed by atoms with E-state index in [0.717, 1.165) is 15.6 Å². The fourth-order valence-electron chi connectivity index (χ4n) is 2.23. The monoisotopic (exact) mass is 420 g/mol. The van der Waals surface area contributed by atoms with Crippen molar-refractivity contribution < 1.29 is 19.1 Å². The molecule has 0 bridgehead atoms. The molecule has 1 unspecified atom stereocenters. The lowest BCUT2D eigenvalue weighted by atomic mass is 10.1. The van der Waals surface area contributed by atoms with Crippen LogP contribution >= 0.6 is 15.9 Å². The Morgan fingerprint density at radius 1 is 1.08 bits per heavy atom. The van der Waals surface area contributed by atoms with Crippen molar-refractivity contribution >= 4 is 27.7 Å². The zero-order valence-electron chi connectivity index (χ0n) is 14.8. The molecule has 2 N–H and O–H groups in total. The zero-order chi connectivity index (χ0) is 19.1. The third-order valence-electron chi connectivity index (χ3n) is 3.56. The molecule has 0 saturated heterocycles. The second-order valence-corrected chi connectivity index (χ2v) is 6.68. The van der Waals surface area contributed by atoms with Crippen molar-refractivity contribution in [3.63, 3.8) is 0 Å². The number of amides is 2. The first-order valence-electron chi connectivity index (χ1n) is 8.06. The van der Waals surface area contributed by atoms with Gasteiger partial charge in [-0.05, 0) is 50.1 Å². The maximum absolute atomic E-state index is 12.0. The van der Waals surface area contributed by atoms with Crippen LogP contribution in [0.3, 0.4) is 0 Å². The van der Waals surface area contributed by atoms with Gasteiger partial charge < -0.3 is 9.47 Å². The van der Waals surface area contributed by atoms with Gasteiger partial charge in [0.15, 0.2) is 12.7 Å². The fraction of sp³-hybridized carbons (Fsp3) is 0.263. The number of rotatable bonds is 6. The Balaban J connectivity index is 1.78. The van der Waals surface area contributed by atoms with Gasteiger partial charge in [-0.15, -0.1) is 0 Å². The number of hydrogen-bond acceptors (Lipinski definition) is 4. The molecule has 26 heavy (non-hydrogen) atoms. The quantitative estimate of drug-likeness (QED) is 0.703. The van der Waals surface area contributed by atoms with Crippen LogP contribution in [0.4, 0.5) is 0 Å². The van der Waals surface area contributed by atoms with Gasteiger partial charge in [-0.1, -0.05) is 40.2 Å². The van der Waals surface area contributed by atoms with Crippen molar-refractivity contribution in [3.05, 3.63) is 58.1 Å². The Hall–Kier alpha value is -2.54. The van der Waals surface area contributed by atoms with Crippen molar-refractivity contribution in [1.29, 1.82) is 0 Å². The van der Waals surface area contributed by atoms with Crippen molar-refractivity contribution in [1.82, 2.24) is 10.9 Å². The van der Waals surface area contributed by atoms with Gasteiger partial charge in [-0.25, -0.2) is 0 Å². The number of aryl methyl sites for hydroxylation is 2. The van der Waals surface area contributed by atoms with Gasteiger partial charge >= 0.3 is 0 Å². The van der Waals surface area contributed by atoms with Crippen LogP contribution in [0, 0.1) is 13.8 Å².